The van der Waals surface area contributed by atoms with E-state index in [1.165, 1.54) is 5.56 Å². The van der Waals surface area contributed by atoms with Crippen LogP contribution in [0.1, 0.15) is 19.4 Å². The summed E-state index contributed by atoms with van der Waals surface area (Å²) in [6.45, 7) is 6.75. The van der Waals surface area contributed by atoms with Gasteiger partial charge in [-0.2, -0.15) is 0 Å². The van der Waals surface area contributed by atoms with Crippen molar-refractivity contribution >= 4 is 5.69 Å². The predicted molar refractivity (Wildman–Crippen MR) is 92.2 cm³/mol. The zero-order valence-corrected chi connectivity index (χ0v) is 13.7. The Morgan fingerprint density at radius 2 is 1.73 bits per heavy atom. The zero-order chi connectivity index (χ0) is 15.8. The number of rotatable bonds is 8. The van der Waals surface area contributed by atoms with Gasteiger partial charge in [0.2, 0.25) is 0 Å². The summed E-state index contributed by atoms with van der Waals surface area (Å²) < 4.78 is 11.1. The Morgan fingerprint density at radius 3 is 2.36 bits per heavy atom. The van der Waals surface area contributed by atoms with Crippen molar-refractivity contribution in [2.24, 2.45) is 0 Å². The Kier molecular flexibility index (Phi) is 6.13. The molecule has 118 valence electrons. The van der Waals surface area contributed by atoms with Crippen LogP contribution in [0.5, 0.6) is 11.5 Å². The molecule has 0 amide bonds. The molecule has 2 aromatic carbocycles. The Morgan fingerprint density at radius 1 is 0.955 bits per heavy atom. The van der Waals surface area contributed by atoms with Crippen LogP contribution in [0, 0.1) is 0 Å². The van der Waals surface area contributed by atoms with Crippen molar-refractivity contribution in [1.29, 1.82) is 0 Å². The van der Waals surface area contributed by atoms with Crippen LogP contribution < -0.4 is 14.4 Å². The number of hydrogen-bond donors (Lipinski definition) is 0. The molecule has 0 aliphatic rings. The molecule has 0 fully saturated rings. The lowest BCUT2D eigenvalue weighted by atomic mass is 10.2. The van der Waals surface area contributed by atoms with Crippen molar-refractivity contribution in [3.8, 4) is 11.5 Å². The molecule has 0 bridgehead atoms. The van der Waals surface area contributed by atoms with Gasteiger partial charge in [-0.05, 0) is 43.2 Å². The smallest absolute Gasteiger partial charge is 0.120 e. The first-order valence-corrected chi connectivity index (χ1v) is 7.87. The van der Waals surface area contributed by atoms with Gasteiger partial charge in [-0.1, -0.05) is 25.1 Å². The molecule has 2 aromatic rings. The highest BCUT2D eigenvalue weighted by Gasteiger charge is 2.05. The van der Waals surface area contributed by atoms with Gasteiger partial charge in [0.05, 0.1) is 13.7 Å². The van der Waals surface area contributed by atoms with E-state index < -0.39 is 0 Å². The third-order valence-corrected chi connectivity index (χ3v) is 3.76. The normalized spacial score (nSPS) is 10.3. The molecule has 0 radical (unpaired) electrons. The number of benzene rings is 2. The lowest BCUT2D eigenvalue weighted by Gasteiger charge is -2.23. The highest BCUT2D eigenvalue weighted by Crippen LogP contribution is 2.21. The molecule has 0 atom stereocenters. The quantitative estimate of drug-likeness (QED) is 0.730. The average Bonchev–Trinajstić information content (AvgIpc) is 2.59. The van der Waals surface area contributed by atoms with Gasteiger partial charge >= 0.3 is 0 Å². The first-order chi connectivity index (χ1) is 10.8. The van der Waals surface area contributed by atoms with E-state index in [0.29, 0.717) is 6.61 Å². The molecule has 0 saturated carbocycles. The van der Waals surface area contributed by atoms with Crippen LogP contribution in [0.25, 0.3) is 0 Å². The summed E-state index contributed by atoms with van der Waals surface area (Å²) in [7, 11) is 1.69. The Balaban J connectivity index is 1.90. The van der Waals surface area contributed by atoms with E-state index in [0.717, 1.165) is 36.7 Å². The van der Waals surface area contributed by atoms with Gasteiger partial charge in [0.15, 0.2) is 0 Å². The van der Waals surface area contributed by atoms with Crippen LogP contribution in [0.3, 0.4) is 0 Å². The minimum atomic E-state index is 0.663. The van der Waals surface area contributed by atoms with Crippen LogP contribution in [0.4, 0.5) is 5.69 Å². The summed E-state index contributed by atoms with van der Waals surface area (Å²) in [5, 5.41) is 0. The van der Waals surface area contributed by atoms with Crippen molar-refractivity contribution in [3.05, 3.63) is 54.1 Å². The summed E-state index contributed by atoms with van der Waals surface area (Å²) in [6.07, 6.45) is 1.06. The molecular weight excluding hydrogens is 274 g/mol. The number of likely N-dealkylation sites (N-methyl/N-ethyl adjacent to an activating group) is 1. The second-order valence-electron chi connectivity index (χ2n) is 5.13. The molecule has 22 heavy (non-hydrogen) atoms. The van der Waals surface area contributed by atoms with Crippen molar-refractivity contribution in [1.82, 2.24) is 0 Å². The van der Waals surface area contributed by atoms with Crippen LogP contribution in [-0.2, 0) is 6.42 Å². The van der Waals surface area contributed by atoms with Gasteiger partial charge in [-0.15, -0.1) is 0 Å². The zero-order valence-electron chi connectivity index (χ0n) is 13.7. The van der Waals surface area contributed by atoms with Gasteiger partial charge < -0.3 is 14.4 Å². The van der Waals surface area contributed by atoms with Crippen molar-refractivity contribution in [2.75, 3.05) is 31.7 Å². The fourth-order valence-corrected chi connectivity index (χ4v) is 2.37. The molecular formula is C19H25NO2. The van der Waals surface area contributed by atoms with Crippen LogP contribution in [0.15, 0.2) is 48.5 Å². The van der Waals surface area contributed by atoms with Crippen LogP contribution in [0.2, 0.25) is 0 Å². The lowest BCUT2D eigenvalue weighted by Crippen LogP contribution is -2.28. The van der Waals surface area contributed by atoms with E-state index >= 15 is 0 Å². The fraction of sp³-hybridized carbons (Fsp3) is 0.368. The predicted octanol–water partition coefficient (Wildman–Crippen LogP) is 4.16. The summed E-state index contributed by atoms with van der Waals surface area (Å²) in [4.78, 5) is 2.28. The van der Waals surface area contributed by atoms with Gasteiger partial charge in [0.1, 0.15) is 18.1 Å². The molecule has 0 aliphatic carbocycles. The maximum absolute atomic E-state index is 5.84. The standard InChI is InChI=1S/C19H25NO2/c1-4-16-9-11-18(12-10-16)22-14-13-20(5-2)17-7-6-8-19(15-17)21-3/h6-12,15H,4-5,13-14H2,1-3H3. The van der Waals surface area contributed by atoms with Crippen LogP contribution >= 0.6 is 0 Å². The van der Waals surface area contributed by atoms with E-state index in [4.69, 9.17) is 9.47 Å². The summed E-state index contributed by atoms with van der Waals surface area (Å²) >= 11 is 0. The third-order valence-electron chi connectivity index (χ3n) is 3.76. The average molecular weight is 299 g/mol. The molecule has 0 unspecified atom stereocenters. The first-order valence-electron chi connectivity index (χ1n) is 7.87. The van der Waals surface area contributed by atoms with E-state index in [1.807, 2.05) is 24.3 Å². The Labute approximate surface area is 133 Å². The number of ether oxygens (including phenoxy) is 2. The highest BCUT2D eigenvalue weighted by molar-refractivity contribution is 5.50. The second-order valence-corrected chi connectivity index (χ2v) is 5.13. The molecule has 0 heterocycles. The number of methoxy groups -OCH3 is 1. The minimum Gasteiger partial charge on any atom is -0.497 e. The Bertz CT molecular complexity index is 566. The van der Waals surface area contributed by atoms with E-state index in [2.05, 4.69) is 43.0 Å². The van der Waals surface area contributed by atoms with Crippen LogP contribution in [-0.4, -0.2) is 26.8 Å². The van der Waals surface area contributed by atoms with E-state index in [9.17, 15) is 0 Å². The molecule has 0 aliphatic heterocycles. The largest absolute Gasteiger partial charge is 0.497 e. The van der Waals surface area contributed by atoms with Crippen molar-refractivity contribution in [2.45, 2.75) is 20.3 Å². The molecule has 2 rings (SSSR count). The molecule has 3 nitrogen and oxygen atoms in total. The SMILES string of the molecule is CCc1ccc(OCCN(CC)c2cccc(OC)c2)cc1. The summed E-state index contributed by atoms with van der Waals surface area (Å²) in [5.74, 6) is 1.81. The fourth-order valence-electron chi connectivity index (χ4n) is 2.37. The van der Waals surface area contributed by atoms with Gasteiger partial charge in [0, 0.05) is 18.3 Å². The monoisotopic (exact) mass is 299 g/mol. The number of hydrogen-bond acceptors (Lipinski definition) is 3. The molecule has 0 N–H and O–H groups in total. The van der Waals surface area contributed by atoms with E-state index in [1.54, 1.807) is 7.11 Å². The topological polar surface area (TPSA) is 21.7 Å². The molecule has 0 spiro atoms. The van der Waals surface area contributed by atoms with Crippen molar-refractivity contribution in [3.63, 3.8) is 0 Å². The number of nitrogens with zero attached hydrogens (tertiary/aromatic N) is 1. The number of anilines is 1. The lowest BCUT2D eigenvalue weighted by molar-refractivity contribution is 0.324. The summed E-state index contributed by atoms with van der Waals surface area (Å²) in [6, 6.07) is 16.5. The molecule has 3 heteroatoms. The highest BCUT2D eigenvalue weighted by atomic mass is 16.5. The molecule has 0 saturated heterocycles. The van der Waals surface area contributed by atoms with Gasteiger partial charge in [-0.3, -0.25) is 0 Å². The third kappa shape index (κ3) is 4.42. The van der Waals surface area contributed by atoms with Crippen molar-refractivity contribution < 1.29 is 9.47 Å². The van der Waals surface area contributed by atoms with Gasteiger partial charge in [-0.25, -0.2) is 0 Å². The summed E-state index contributed by atoms with van der Waals surface area (Å²) in [5.41, 5.74) is 2.49. The molecule has 0 aromatic heterocycles. The maximum atomic E-state index is 5.84. The number of aryl methyl sites for hydroxylation is 1. The van der Waals surface area contributed by atoms with Gasteiger partial charge in [0.25, 0.3) is 0 Å². The van der Waals surface area contributed by atoms with E-state index in [-0.39, 0.29) is 0 Å². The Hall–Kier alpha value is -2.16. The minimum absolute atomic E-state index is 0.663. The second kappa shape index (κ2) is 8.32. The first kappa shape index (κ1) is 16.2. The maximum Gasteiger partial charge on any atom is 0.120 e.